The number of hydrogen-bond donors (Lipinski definition) is 1. The Hall–Kier alpha value is -0.860. The van der Waals surface area contributed by atoms with E-state index in [4.69, 9.17) is 0 Å². The van der Waals surface area contributed by atoms with Crippen LogP contribution in [0.4, 0.5) is 0 Å². The molecule has 0 saturated carbocycles. The van der Waals surface area contributed by atoms with Crippen LogP contribution in [0.1, 0.15) is 11.5 Å². The van der Waals surface area contributed by atoms with Crippen molar-refractivity contribution in [3.05, 3.63) is 35.9 Å². The van der Waals surface area contributed by atoms with Gasteiger partial charge in [0, 0.05) is 32.1 Å². The van der Waals surface area contributed by atoms with Gasteiger partial charge >= 0.3 is 0 Å². The molecule has 2 nitrogen and oxygen atoms in total. The minimum absolute atomic E-state index is 0.771. The van der Waals surface area contributed by atoms with Crippen LogP contribution in [0.2, 0.25) is 0 Å². The molecular weight excluding hydrogens is 172 g/mol. The van der Waals surface area contributed by atoms with Crippen LogP contribution in [0.15, 0.2) is 30.3 Å². The van der Waals surface area contributed by atoms with Crippen molar-refractivity contribution in [2.24, 2.45) is 0 Å². The monoisotopic (exact) mass is 190 g/mol. The summed E-state index contributed by atoms with van der Waals surface area (Å²) in [6.07, 6.45) is 0. The van der Waals surface area contributed by atoms with Crippen LogP contribution >= 0.6 is 0 Å². The molecule has 0 atom stereocenters. The predicted octanol–water partition coefficient (Wildman–Crippen LogP) is 1.31. The molecule has 0 bridgehead atoms. The first-order chi connectivity index (χ1) is 6.90. The van der Waals surface area contributed by atoms with Crippen LogP contribution in [0.25, 0.3) is 0 Å². The minimum atomic E-state index is 0.771. The molecular formula is C12H18N2. The van der Waals surface area contributed by atoms with Gasteiger partial charge in [-0.1, -0.05) is 30.3 Å². The van der Waals surface area contributed by atoms with Gasteiger partial charge in [-0.2, -0.15) is 0 Å². The van der Waals surface area contributed by atoms with Crippen molar-refractivity contribution < 1.29 is 0 Å². The molecule has 1 aliphatic heterocycles. The molecule has 1 aliphatic rings. The normalized spacial score (nSPS) is 18.1. The van der Waals surface area contributed by atoms with Crippen LogP contribution < -0.4 is 5.32 Å². The SMILES string of the molecule is CNCCN1CC(c2ccccc2)C1. The molecule has 0 spiro atoms. The van der Waals surface area contributed by atoms with E-state index in [2.05, 4.69) is 40.5 Å². The van der Waals surface area contributed by atoms with Crippen molar-refractivity contribution in [1.29, 1.82) is 0 Å². The van der Waals surface area contributed by atoms with Gasteiger partial charge in [-0.15, -0.1) is 0 Å². The van der Waals surface area contributed by atoms with E-state index in [0.29, 0.717) is 0 Å². The highest BCUT2D eigenvalue weighted by atomic mass is 15.2. The van der Waals surface area contributed by atoms with Crippen molar-refractivity contribution in [2.45, 2.75) is 5.92 Å². The number of nitrogens with one attached hydrogen (secondary N) is 1. The third-order valence-electron chi connectivity index (χ3n) is 2.91. The fourth-order valence-corrected chi connectivity index (χ4v) is 1.96. The largest absolute Gasteiger partial charge is 0.318 e. The first-order valence-electron chi connectivity index (χ1n) is 5.32. The van der Waals surface area contributed by atoms with E-state index in [1.807, 2.05) is 7.05 Å². The maximum absolute atomic E-state index is 3.18. The Balaban J connectivity index is 1.78. The van der Waals surface area contributed by atoms with Gasteiger partial charge in [0.15, 0.2) is 0 Å². The molecule has 1 fully saturated rings. The van der Waals surface area contributed by atoms with Crippen molar-refractivity contribution >= 4 is 0 Å². The smallest absolute Gasteiger partial charge is 0.0107 e. The minimum Gasteiger partial charge on any atom is -0.318 e. The second-order valence-corrected chi connectivity index (χ2v) is 3.97. The Labute approximate surface area is 85.9 Å². The molecule has 2 heteroatoms. The zero-order valence-corrected chi connectivity index (χ0v) is 8.74. The van der Waals surface area contributed by atoms with E-state index in [9.17, 15) is 0 Å². The molecule has 14 heavy (non-hydrogen) atoms. The third-order valence-corrected chi connectivity index (χ3v) is 2.91. The quantitative estimate of drug-likeness (QED) is 0.770. The summed E-state index contributed by atoms with van der Waals surface area (Å²) >= 11 is 0. The Morgan fingerprint density at radius 2 is 2.00 bits per heavy atom. The standard InChI is InChI=1S/C12H18N2/c1-13-7-8-14-9-12(10-14)11-5-3-2-4-6-11/h2-6,12-13H,7-10H2,1H3. The fourth-order valence-electron chi connectivity index (χ4n) is 1.96. The number of benzene rings is 1. The zero-order valence-electron chi connectivity index (χ0n) is 8.74. The second kappa shape index (κ2) is 4.58. The summed E-state index contributed by atoms with van der Waals surface area (Å²) in [5.41, 5.74) is 1.49. The van der Waals surface area contributed by atoms with Crippen molar-refractivity contribution in [2.75, 3.05) is 33.2 Å². The molecule has 0 aromatic heterocycles. The van der Waals surface area contributed by atoms with E-state index in [1.54, 1.807) is 0 Å². The summed E-state index contributed by atoms with van der Waals surface area (Å²) < 4.78 is 0. The zero-order chi connectivity index (χ0) is 9.80. The maximum Gasteiger partial charge on any atom is 0.0107 e. The predicted molar refractivity (Wildman–Crippen MR) is 59.5 cm³/mol. The van der Waals surface area contributed by atoms with E-state index < -0.39 is 0 Å². The average molecular weight is 190 g/mol. The lowest BCUT2D eigenvalue weighted by Crippen LogP contribution is -2.47. The van der Waals surface area contributed by atoms with Crippen molar-refractivity contribution in [3.8, 4) is 0 Å². The number of hydrogen-bond acceptors (Lipinski definition) is 2. The Morgan fingerprint density at radius 1 is 1.29 bits per heavy atom. The van der Waals surface area contributed by atoms with E-state index in [0.717, 1.165) is 12.5 Å². The first kappa shape index (κ1) is 9.69. The van der Waals surface area contributed by atoms with Crippen LogP contribution in [0.3, 0.4) is 0 Å². The van der Waals surface area contributed by atoms with Gasteiger partial charge < -0.3 is 10.2 Å². The van der Waals surface area contributed by atoms with Crippen molar-refractivity contribution in [1.82, 2.24) is 10.2 Å². The van der Waals surface area contributed by atoms with Crippen LogP contribution in [-0.4, -0.2) is 38.1 Å². The van der Waals surface area contributed by atoms with Gasteiger partial charge in [0.1, 0.15) is 0 Å². The summed E-state index contributed by atoms with van der Waals surface area (Å²) in [5.74, 6) is 0.771. The molecule has 1 heterocycles. The average Bonchev–Trinajstić information content (AvgIpc) is 2.17. The fraction of sp³-hybridized carbons (Fsp3) is 0.500. The van der Waals surface area contributed by atoms with E-state index in [-0.39, 0.29) is 0 Å². The summed E-state index contributed by atoms with van der Waals surface area (Å²) in [6, 6.07) is 10.8. The van der Waals surface area contributed by atoms with Crippen LogP contribution in [0.5, 0.6) is 0 Å². The van der Waals surface area contributed by atoms with Crippen LogP contribution in [0, 0.1) is 0 Å². The highest BCUT2D eigenvalue weighted by Crippen LogP contribution is 2.25. The number of rotatable bonds is 4. The lowest BCUT2D eigenvalue weighted by Gasteiger charge is -2.39. The topological polar surface area (TPSA) is 15.3 Å². The molecule has 2 rings (SSSR count). The van der Waals surface area contributed by atoms with Gasteiger partial charge in [0.25, 0.3) is 0 Å². The lowest BCUT2D eigenvalue weighted by molar-refractivity contribution is 0.150. The van der Waals surface area contributed by atoms with Gasteiger partial charge in [-0.25, -0.2) is 0 Å². The van der Waals surface area contributed by atoms with Gasteiger partial charge in [-0.05, 0) is 12.6 Å². The second-order valence-electron chi connectivity index (χ2n) is 3.97. The lowest BCUT2D eigenvalue weighted by atomic mass is 9.92. The highest BCUT2D eigenvalue weighted by molar-refractivity contribution is 5.22. The molecule has 76 valence electrons. The summed E-state index contributed by atoms with van der Waals surface area (Å²) in [4.78, 5) is 2.49. The van der Waals surface area contributed by atoms with Gasteiger partial charge in [0.05, 0.1) is 0 Å². The molecule has 1 saturated heterocycles. The molecule has 1 aromatic carbocycles. The first-order valence-corrected chi connectivity index (χ1v) is 5.32. The summed E-state index contributed by atoms with van der Waals surface area (Å²) in [6.45, 7) is 4.73. The molecule has 0 unspecified atom stereocenters. The summed E-state index contributed by atoms with van der Waals surface area (Å²) in [7, 11) is 2.01. The Morgan fingerprint density at radius 3 is 2.64 bits per heavy atom. The van der Waals surface area contributed by atoms with E-state index in [1.165, 1.54) is 25.2 Å². The Bertz CT molecular complexity index is 265. The van der Waals surface area contributed by atoms with Crippen molar-refractivity contribution in [3.63, 3.8) is 0 Å². The molecule has 0 amide bonds. The third kappa shape index (κ3) is 2.14. The molecule has 0 radical (unpaired) electrons. The van der Waals surface area contributed by atoms with Crippen LogP contribution in [-0.2, 0) is 0 Å². The van der Waals surface area contributed by atoms with E-state index >= 15 is 0 Å². The Kier molecular flexibility index (Phi) is 3.17. The summed E-state index contributed by atoms with van der Waals surface area (Å²) in [5, 5.41) is 3.18. The number of nitrogens with zero attached hydrogens (tertiary/aromatic N) is 1. The molecule has 1 aromatic rings. The van der Waals surface area contributed by atoms with Gasteiger partial charge in [-0.3, -0.25) is 0 Å². The maximum atomic E-state index is 3.18. The molecule has 0 aliphatic carbocycles. The van der Waals surface area contributed by atoms with Gasteiger partial charge in [0.2, 0.25) is 0 Å². The molecule has 1 N–H and O–H groups in total. The number of likely N-dealkylation sites (tertiary alicyclic amines) is 1. The highest BCUT2D eigenvalue weighted by Gasteiger charge is 2.26. The number of likely N-dealkylation sites (N-methyl/N-ethyl adjacent to an activating group) is 1.